The largest absolute Gasteiger partial charge is 0.618 e. The van der Waals surface area contributed by atoms with Gasteiger partial charge in [0.15, 0.2) is 12.5 Å². The lowest BCUT2D eigenvalue weighted by atomic mass is 9.91. The fourth-order valence-electron chi connectivity index (χ4n) is 5.06. The van der Waals surface area contributed by atoms with Gasteiger partial charge in [-0.15, -0.1) is 0 Å². The molecule has 0 spiro atoms. The van der Waals surface area contributed by atoms with Gasteiger partial charge < -0.3 is 29.8 Å². The number of alkyl carbamates (subject to hydrolysis) is 1. The van der Waals surface area contributed by atoms with E-state index in [0.29, 0.717) is 17.3 Å². The van der Waals surface area contributed by atoms with Gasteiger partial charge in [0.25, 0.3) is 5.03 Å². The Morgan fingerprint density at radius 1 is 1.00 bits per heavy atom. The highest BCUT2D eigenvalue weighted by Crippen LogP contribution is 2.43. The maximum absolute atomic E-state index is 12.3. The normalized spacial score (nSPS) is 19.7. The van der Waals surface area contributed by atoms with Crippen LogP contribution in [-0.4, -0.2) is 29.7 Å². The lowest BCUT2D eigenvalue weighted by molar-refractivity contribution is -0.645. The lowest BCUT2D eigenvalue weighted by Crippen LogP contribution is -2.39. The zero-order valence-electron chi connectivity index (χ0n) is 24.5. The number of pyridine rings is 1. The highest BCUT2D eigenvalue weighted by molar-refractivity contribution is 7.99. The monoisotopic (exact) mass is 612 g/mol. The molecule has 0 saturated carbocycles. The van der Waals surface area contributed by atoms with Crippen molar-refractivity contribution in [1.29, 1.82) is 0 Å². The number of amides is 1. The van der Waals surface area contributed by atoms with Crippen LogP contribution in [0, 0.1) is 11.1 Å². The van der Waals surface area contributed by atoms with Crippen LogP contribution >= 0.6 is 11.8 Å². The maximum atomic E-state index is 12.3. The van der Waals surface area contributed by atoms with Crippen LogP contribution in [0.2, 0.25) is 0 Å². The second kappa shape index (κ2) is 15.0. The minimum atomic E-state index is -0.611. The van der Waals surface area contributed by atoms with Crippen molar-refractivity contribution in [3.05, 3.63) is 137 Å². The summed E-state index contributed by atoms with van der Waals surface area (Å²) in [4.78, 5) is 11.8. The summed E-state index contributed by atoms with van der Waals surface area (Å²) in [5.74, 6) is 0.589. The molecule has 2 heterocycles. The number of carbonyl (C=O) groups excluding carboxylic acids is 1. The van der Waals surface area contributed by atoms with E-state index in [2.05, 4.69) is 18.8 Å². The van der Waals surface area contributed by atoms with Crippen molar-refractivity contribution in [2.45, 2.75) is 43.6 Å². The maximum Gasteiger partial charge on any atom is 0.407 e. The van der Waals surface area contributed by atoms with Gasteiger partial charge in [-0.1, -0.05) is 98.1 Å². The van der Waals surface area contributed by atoms with E-state index >= 15 is 0 Å². The van der Waals surface area contributed by atoms with Crippen LogP contribution in [0.15, 0.2) is 115 Å². The van der Waals surface area contributed by atoms with Crippen LogP contribution in [0.1, 0.15) is 41.6 Å². The Kier molecular flexibility index (Phi) is 10.7. The van der Waals surface area contributed by atoms with Crippen LogP contribution < -0.4 is 10.0 Å². The third-order valence-corrected chi connectivity index (χ3v) is 8.63. The third kappa shape index (κ3) is 7.86. The smallest absolute Gasteiger partial charge is 0.407 e. The lowest BCUT2D eigenvalue weighted by Gasteiger charge is -2.41. The molecule has 4 aromatic rings. The molecule has 5 rings (SSSR count). The average Bonchev–Trinajstić information content (AvgIpc) is 3.07. The number of aliphatic hydroxyl groups is 1. The van der Waals surface area contributed by atoms with Crippen LogP contribution in [0.5, 0.6) is 0 Å². The number of aromatic nitrogens is 1. The Morgan fingerprint density at radius 2 is 1.77 bits per heavy atom. The number of rotatable bonds is 11. The zero-order valence-corrected chi connectivity index (χ0v) is 25.3. The van der Waals surface area contributed by atoms with Crippen molar-refractivity contribution in [2.75, 3.05) is 12.4 Å². The second-order valence-corrected chi connectivity index (χ2v) is 11.6. The summed E-state index contributed by atoms with van der Waals surface area (Å²) in [6.07, 6.45) is 1.48. The van der Waals surface area contributed by atoms with E-state index in [9.17, 15) is 15.1 Å². The number of aliphatic hydroxyl groups excluding tert-OH is 1. The molecule has 4 atom stereocenters. The molecule has 2 N–H and O–H groups in total. The predicted molar refractivity (Wildman–Crippen MR) is 169 cm³/mol. The number of nitrogens with one attached hydrogen (secondary N) is 1. The van der Waals surface area contributed by atoms with E-state index < -0.39 is 12.4 Å². The van der Waals surface area contributed by atoms with Gasteiger partial charge in [-0.05, 0) is 39.9 Å². The Hall–Kier alpha value is -4.15. The molecule has 0 radical (unpaired) electrons. The summed E-state index contributed by atoms with van der Waals surface area (Å²) in [7, 11) is 0. The summed E-state index contributed by atoms with van der Waals surface area (Å²) < 4.78 is 19.0. The Balaban J connectivity index is 1.33. The van der Waals surface area contributed by atoms with Gasteiger partial charge in [0.2, 0.25) is 0 Å². The van der Waals surface area contributed by atoms with Crippen LogP contribution in [0.4, 0.5) is 4.79 Å². The first kappa shape index (κ1) is 31.3. The van der Waals surface area contributed by atoms with Crippen molar-refractivity contribution in [3.63, 3.8) is 0 Å². The minimum absolute atomic E-state index is 0.00668. The van der Waals surface area contributed by atoms with E-state index in [1.165, 1.54) is 24.0 Å². The Morgan fingerprint density at radius 3 is 2.50 bits per heavy atom. The fourth-order valence-corrected chi connectivity index (χ4v) is 6.14. The Bertz CT molecular complexity index is 1550. The van der Waals surface area contributed by atoms with Gasteiger partial charge in [0, 0.05) is 35.9 Å². The van der Waals surface area contributed by atoms with Gasteiger partial charge in [0.1, 0.15) is 6.61 Å². The highest BCUT2D eigenvalue weighted by Gasteiger charge is 2.38. The second-order valence-electron chi connectivity index (χ2n) is 10.6. The van der Waals surface area contributed by atoms with E-state index in [-0.39, 0.29) is 31.3 Å². The van der Waals surface area contributed by atoms with Crippen molar-refractivity contribution in [3.8, 4) is 11.1 Å². The summed E-state index contributed by atoms with van der Waals surface area (Å²) in [5.41, 5.74) is 5.70. The van der Waals surface area contributed by atoms with Crippen LogP contribution in [0.25, 0.3) is 11.1 Å². The van der Waals surface area contributed by atoms with Gasteiger partial charge in [-0.25, -0.2) is 4.79 Å². The highest BCUT2D eigenvalue weighted by atomic mass is 32.2. The number of hydrogen-bond donors (Lipinski definition) is 2. The molecule has 4 unspecified atom stereocenters. The number of benzene rings is 3. The van der Waals surface area contributed by atoms with Gasteiger partial charge in [-0.3, -0.25) is 0 Å². The Labute approximate surface area is 261 Å². The van der Waals surface area contributed by atoms with Gasteiger partial charge >= 0.3 is 6.09 Å². The third-order valence-electron chi connectivity index (χ3n) is 7.52. The number of ether oxygens (including phenoxy) is 3. The summed E-state index contributed by atoms with van der Waals surface area (Å²) in [6.45, 7) is 6.13. The van der Waals surface area contributed by atoms with Crippen LogP contribution in [0.3, 0.4) is 0 Å². The van der Waals surface area contributed by atoms with Crippen molar-refractivity contribution >= 4 is 17.9 Å². The molecule has 1 fully saturated rings. The van der Waals surface area contributed by atoms with E-state index in [1.807, 2.05) is 84.9 Å². The predicted octanol–water partition coefficient (Wildman–Crippen LogP) is 6.48. The molecule has 9 heteroatoms. The van der Waals surface area contributed by atoms with Crippen molar-refractivity contribution in [2.24, 2.45) is 5.92 Å². The number of thioether (sulfide) groups is 1. The molecular weight excluding hydrogens is 576 g/mol. The first-order chi connectivity index (χ1) is 21.4. The molecule has 8 nitrogen and oxygen atoms in total. The minimum Gasteiger partial charge on any atom is -0.618 e. The standard InChI is InChI=1S/C35H36N2O6S/c1-3-19-41-35(39)36-21-26-7-6-8-30(20-26)27-14-16-29(17-15-27)34-42-31(23-44-32-9-4-5-18-37(32)40)24(2)33(43-34)28-12-10-25(22-38)11-13-28/h3-18,20,24,31,33-34,38H,1,19,21-23H2,2H3,(H,36,39). The molecular formula is C35H36N2O6S. The molecule has 44 heavy (non-hydrogen) atoms. The van der Waals surface area contributed by atoms with E-state index in [1.54, 1.807) is 6.07 Å². The zero-order chi connectivity index (χ0) is 30.9. The van der Waals surface area contributed by atoms with E-state index in [4.69, 9.17) is 14.2 Å². The van der Waals surface area contributed by atoms with Gasteiger partial charge in [-0.2, -0.15) is 4.73 Å². The molecule has 1 aromatic heterocycles. The quantitative estimate of drug-likeness (QED) is 0.0865. The first-order valence-electron chi connectivity index (χ1n) is 14.5. The fraction of sp³-hybridized carbons (Fsp3) is 0.257. The molecule has 0 bridgehead atoms. The average molecular weight is 613 g/mol. The molecule has 1 saturated heterocycles. The van der Waals surface area contributed by atoms with Gasteiger partial charge in [0.05, 0.1) is 18.8 Å². The molecule has 228 valence electrons. The SMILES string of the molecule is C=CCOC(=O)NCc1cccc(-c2ccc(C3OC(CSc4cccc[n+]4[O-])C(C)C(c4ccc(CO)cc4)O3)cc2)c1. The van der Waals surface area contributed by atoms with Crippen molar-refractivity contribution in [1.82, 2.24) is 5.32 Å². The molecule has 1 aliphatic heterocycles. The number of carbonyl (C=O) groups is 1. The molecule has 1 aliphatic rings. The van der Waals surface area contributed by atoms with Crippen LogP contribution in [-0.2, 0) is 27.4 Å². The molecule has 3 aromatic carbocycles. The summed E-state index contributed by atoms with van der Waals surface area (Å²) in [5, 5.41) is 25.1. The summed E-state index contributed by atoms with van der Waals surface area (Å²) in [6, 6.07) is 29.2. The molecule has 0 aliphatic carbocycles. The van der Waals surface area contributed by atoms with Crippen molar-refractivity contribution < 1.29 is 28.8 Å². The number of nitrogens with zero attached hydrogens (tertiary/aromatic N) is 1. The number of hydrogen-bond acceptors (Lipinski definition) is 7. The first-order valence-corrected chi connectivity index (χ1v) is 15.5. The molecule has 1 amide bonds. The topological polar surface area (TPSA) is 104 Å². The van der Waals surface area contributed by atoms with E-state index in [0.717, 1.165) is 38.1 Å². The summed E-state index contributed by atoms with van der Waals surface area (Å²) >= 11 is 1.47.